The Balaban J connectivity index is 2.19. The van der Waals surface area contributed by atoms with Gasteiger partial charge in [-0.3, -0.25) is 19.2 Å². The van der Waals surface area contributed by atoms with Gasteiger partial charge in [-0.05, 0) is 18.1 Å². The lowest BCUT2D eigenvalue weighted by molar-refractivity contribution is -0.142. The first kappa shape index (κ1) is 28.6. The van der Waals surface area contributed by atoms with Crippen molar-refractivity contribution in [3.63, 3.8) is 0 Å². The van der Waals surface area contributed by atoms with Gasteiger partial charge in [0.2, 0.25) is 23.6 Å². The molecule has 36 heavy (non-hydrogen) atoms. The summed E-state index contributed by atoms with van der Waals surface area (Å²) in [6.45, 7) is -0.642. The summed E-state index contributed by atoms with van der Waals surface area (Å²) in [6.07, 6.45) is 1.21. The van der Waals surface area contributed by atoms with Gasteiger partial charge in [0.15, 0.2) is 0 Å². The van der Waals surface area contributed by atoms with Crippen molar-refractivity contribution in [1.82, 2.24) is 20.9 Å². The van der Waals surface area contributed by atoms with Crippen LogP contribution in [0.25, 0.3) is 10.9 Å². The molecule has 1 aromatic carbocycles. The Bertz CT molecular complexity index is 1110. The van der Waals surface area contributed by atoms with Crippen LogP contribution in [0.3, 0.4) is 0 Å². The van der Waals surface area contributed by atoms with Crippen LogP contribution >= 0.6 is 12.6 Å². The molecule has 0 radical (unpaired) electrons. The highest BCUT2D eigenvalue weighted by atomic mass is 32.1. The van der Waals surface area contributed by atoms with E-state index >= 15 is 0 Å². The molecule has 1 heterocycles. The van der Waals surface area contributed by atoms with Crippen LogP contribution in [0.4, 0.5) is 0 Å². The SMILES string of the molecule is NC(=O)CCC(NC(=O)C(CS)NC(=O)C(Cc1c[nH]c2ccccc12)NC(=O)C(N)CO)C(=O)O. The number of nitrogens with two attached hydrogens (primary N) is 2. The normalized spacial score (nSPS) is 14.3. The van der Waals surface area contributed by atoms with Crippen LogP contribution in [0.5, 0.6) is 0 Å². The summed E-state index contributed by atoms with van der Waals surface area (Å²) in [5.74, 6) is -4.68. The molecule has 196 valence electrons. The molecule has 0 aliphatic carbocycles. The van der Waals surface area contributed by atoms with Gasteiger partial charge in [0.1, 0.15) is 24.2 Å². The van der Waals surface area contributed by atoms with Crippen molar-refractivity contribution in [3.05, 3.63) is 36.0 Å². The van der Waals surface area contributed by atoms with E-state index in [2.05, 4.69) is 33.6 Å². The first-order valence-electron chi connectivity index (χ1n) is 11.0. The van der Waals surface area contributed by atoms with Crippen molar-refractivity contribution in [3.8, 4) is 0 Å². The zero-order valence-corrected chi connectivity index (χ0v) is 20.2. The van der Waals surface area contributed by atoms with Gasteiger partial charge in [-0.15, -0.1) is 0 Å². The van der Waals surface area contributed by atoms with E-state index < -0.39 is 60.4 Å². The molecule has 0 saturated carbocycles. The van der Waals surface area contributed by atoms with Crippen LogP contribution in [0.2, 0.25) is 0 Å². The molecule has 0 bridgehead atoms. The van der Waals surface area contributed by atoms with E-state index in [9.17, 15) is 34.2 Å². The van der Waals surface area contributed by atoms with Gasteiger partial charge < -0.3 is 42.6 Å². The molecule has 13 nitrogen and oxygen atoms in total. The summed E-state index contributed by atoms with van der Waals surface area (Å²) in [6, 6.07) is 2.19. The molecule has 4 amide bonds. The first-order chi connectivity index (χ1) is 17.1. The van der Waals surface area contributed by atoms with Gasteiger partial charge in [0.25, 0.3) is 0 Å². The van der Waals surface area contributed by atoms with Crippen molar-refractivity contribution in [2.75, 3.05) is 12.4 Å². The number of aromatic nitrogens is 1. The fourth-order valence-electron chi connectivity index (χ4n) is 3.37. The monoisotopic (exact) mass is 522 g/mol. The molecule has 0 spiro atoms. The number of carbonyl (C=O) groups is 5. The molecule has 14 heteroatoms. The van der Waals surface area contributed by atoms with Gasteiger partial charge >= 0.3 is 5.97 Å². The molecule has 0 fully saturated rings. The molecule has 1 aromatic heterocycles. The number of aromatic amines is 1. The van der Waals surface area contributed by atoms with Crippen LogP contribution in [-0.2, 0) is 30.4 Å². The highest BCUT2D eigenvalue weighted by Gasteiger charge is 2.30. The number of fused-ring (bicyclic) bond motifs is 1. The van der Waals surface area contributed by atoms with E-state index in [1.54, 1.807) is 6.20 Å². The summed E-state index contributed by atoms with van der Waals surface area (Å²) in [5, 5.41) is 26.5. The Hall–Kier alpha value is -3.62. The molecular weight excluding hydrogens is 492 g/mol. The number of para-hydroxylation sites is 1. The number of carboxylic acid groups (broad SMARTS) is 1. The predicted octanol–water partition coefficient (Wildman–Crippen LogP) is -2.24. The molecular formula is C22H30N6O7S. The predicted molar refractivity (Wildman–Crippen MR) is 133 cm³/mol. The third-order valence-corrected chi connectivity index (χ3v) is 5.74. The Morgan fingerprint density at radius 2 is 1.58 bits per heavy atom. The number of aliphatic hydroxyl groups is 1. The Morgan fingerprint density at radius 1 is 0.972 bits per heavy atom. The number of nitrogens with one attached hydrogen (secondary N) is 4. The van der Waals surface area contributed by atoms with E-state index in [4.69, 9.17) is 11.5 Å². The molecule has 0 saturated heterocycles. The number of aliphatic hydroxyl groups excluding tert-OH is 1. The summed E-state index contributed by atoms with van der Waals surface area (Å²) < 4.78 is 0. The zero-order chi connectivity index (χ0) is 26.8. The van der Waals surface area contributed by atoms with Crippen molar-refractivity contribution in [2.24, 2.45) is 11.5 Å². The number of hydrogen-bond donors (Lipinski definition) is 9. The number of benzene rings is 1. The minimum Gasteiger partial charge on any atom is -0.480 e. The van der Waals surface area contributed by atoms with Crippen LogP contribution in [-0.4, -0.2) is 81.3 Å². The number of H-pyrrole nitrogens is 1. The second-order valence-electron chi connectivity index (χ2n) is 8.06. The number of carbonyl (C=O) groups excluding carboxylic acids is 4. The van der Waals surface area contributed by atoms with E-state index in [-0.39, 0.29) is 25.0 Å². The quantitative estimate of drug-likeness (QED) is 0.123. The average Bonchev–Trinajstić information content (AvgIpc) is 3.26. The standard InChI is InChI=1S/C22H30N6O7S/c23-13(9-29)19(31)27-16(7-11-8-25-14-4-2-1-3-12(11)14)20(32)28-17(10-36)21(33)26-15(22(34)35)5-6-18(24)30/h1-4,8,13,15-17,25,29,36H,5-7,9-10,23H2,(H2,24,30)(H,26,33)(H,27,31)(H,28,32)(H,34,35). The van der Waals surface area contributed by atoms with Crippen molar-refractivity contribution >= 4 is 53.1 Å². The second-order valence-corrected chi connectivity index (χ2v) is 8.43. The molecule has 0 aliphatic heterocycles. The first-order valence-corrected chi connectivity index (χ1v) is 11.6. The van der Waals surface area contributed by atoms with E-state index in [1.165, 1.54) is 0 Å². The summed E-state index contributed by atoms with van der Waals surface area (Å²) >= 11 is 4.07. The molecule has 10 N–H and O–H groups in total. The van der Waals surface area contributed by atoms with Crippen LogP contribution in [0.15, 0.2) is 30.5 Å². The molecule has 4 atom stereocenters. The molecule has 2 rings (SSSR count). The maximum Gasteiger partial charge on any atom is 0.326 e. The lowest BCUT2D eigenvalue weighted by Gasteiger charge is -2.24. The number of primary amides is 1. The minimum atomic E-state index is -1.41. The number of aliphatic carboxylic acids is 1. The number of carboxylic acids is 1. The zero-order valence-electron chi connectivity index (χ0n) is 19.3. The smallest absolute Gasteiger partial charge is 0.326 e. The summed E-state index contributed by atoms with van der Waals surface area (Å²) in [7, 11) is 0. The lowest BCUT2D eigenvalue weighted by atomic mass is 10.0. The maximum atomic E-state index is 13.1. The Morgan fingerprint density at radius 3 is 2.19 bits per heavy atom. The second kappa shape index (κ2) is 13.5. The van der Waals surface area contributed by atoms with E-state index in [1.807, 2.05) is 24.3 Å². The fourth-order valence-corrected chi connectivity index (χ4v) is 3.63. The third-order valence-electron chi connectivity index (χ3n) is 5.37. The van der Waals surface area contributed by atoms with E-state index in [0.717, 1.165) is 10.9 Å². The van der Waals surface area contributed by atoms with Gasteiger partial charge in [-0.1, -0.05) is 18.2 Å². The molecule has 0 aliphatic rings. The molecule has 4 unspecified atom stereocenters. The lowest BCUT2D eigenvalue weighted by Crippen LogP contribution is -2.58. The highest BCUT2D eigenvalue weighted by Crippen LogP contribution is 2.19. The Labute approximate surface area is 211 Å². The number of amides is 4. The van der Waals surface area contributed by atoms with Crippen LogP contribution in [0, 0.1) is 0 Å². The Kier molecular flexibility index (Phi) is 10.7. The van der Waals surface area contributed by atoms with Gasteiger partial charge in [-0.25, -0.2) is 4.79 Å². The third kappa shape index (κ3) is 7.96. The fraction of sp³-hybridized carbons (Fsp3) is 0.409. The number of hydrogen-bond acceptors (Lipinski definition) is 8. The van der Waals surface area contributed by atoms with Crippen molar-refractivity contribution in [1.29, 1.82) is 0 Å². The van der Waals surface area contributed by atoms with Crippen molar-refractivity contribution in [2.45, 2.75) is 43.4 Å². The van der Waals surface area contributed by atoms with Crippen molar-refractivity contribution < 1.29 is 34.2 Å². The van der Waals surface area contributed by atoms with Gasteiger partial charge in [-0.2, -0.15) is 12.6 Å². The highest BCUT2D eigenvalue weighted by molar-refractivity contribution is 7.80. The van der Waals surface area contributed by atoms with Crippen LogP contribution in [0.1, 0.15) is 18.4 Å². The number of thiol groups is 1. The van der Waals surface area contributed by atoms with E-state index in [0.29, 0.717) is 5.56 Å². The van der Waals surface area contributed by atoms with Gasteiger partial charge in [0.05, 0.1) is 6.61 Å². The number of rotatable bonds is 14. The van der Waals surface area contributed by atoms with Gasteiger partial charge in [0, 0.05) is 35.7 Å². The largest absolute Gasteiger partial charge is 0.480 e. The minimum absolute atomic E-state index is 0.0248. The summed E-state index contributed by atoms with van der Waals surface area (Å²) in [4.78, 5) is 63.6. The average molecular weight is 523 g/mol. The maximum absolute atomic E-state index is 13.1. The topological polar surface area (TPSA) is 230 Å². The summed E-state index contributed by atoms with van der Waals surface area (Å²) in [5.41, 5.74) is 12.1. The molecule has 2 aromatic rings. The van der Waals surface area contributed by atoms with Crippen LogP contribution < -0.4 is 27.4 Å².